The first-order valence-electron chi connectivity index (χ1n) is 5.74. The molecular weight excluding hydrogens is 301 g/mol. The number of morpholine rings is 1. The van der Waals surface area contributed by atoms with Crippen LogP contribution in [0.25, 0.3) is 0 Å². The molecule has 1 amide bonds. The van der Waals surface area contributed by atoms with E-state index < -0.39 is 28.5 Å². The molecule has 0 saturated carbocycles. The van der Waals surface area contributed by atoms with Gasteiger partial charge in [0.1, 0.15) is 5.02 Å². The van der Waals surface area contributed by atoms with Gasteiger partial charge >= 0.3 is 6.18 Å². The van der Waals surface area contributed by atoms with Crippen molar-refractivity contribution in [2.45, 2.75) is 6.18 Å². The number of nitrogens with zero attached hydrogens (tertiary/aromatic N) is 3. The summed E-state index contributed by atoms with van der Waals surface area (Å²) in [5, 5.41) is 4.38. The van der Waals surface area contributed by atoms with Gasteiger partial charge in [-0.25, -0.2) is 5.01 Å². The van der Waals surface area contributed by atoms with E-state index in [0.717, 1.165) is 7.05 Å². The molecule has 1 aliphatic rings. The Bertz CT molecular complexity index is 511. The second kappa shape index (κ2) is 5.58. The highest BCUT2D eigenvalue weighted by atomic mass is 35.5. The first kappa shape index (κ1) is 15.1. The van der Waals surface area contributed by atoms with Crippen LogP contribution < -0.4 is 5.43 Å². The summed E-state index contributed by atoms with van der Waals surface area (Å²) >= 11 is 5.62. The third-order valence-electron chi connectivity index (χ3n) is 2.74. The first-order valence-corrected chi connectivity index (χ1v) is 6.12. The molecule has 1 aromatic heterocycles. The molecule has 0 spiro atoms. The summed E-state index contributed by atoms with van der Waals surface area (Å²) in [4.78, 5) is 11.9. The predicted octanol–water partition coefficient (Wildman–Crippen LogP) is 1.07. The van der Waals surface area contributed by atoms with E-state index in [2.05, 4.69) is 10.5 Å². The minimum absolute atomic E-state index is 0.435. The predicted molar refractivity (Wildman–Crippen MR) is 63.1 cm³/mol. The maximum atomic E-state index is 12.7. The van der Waals surface area contributed by atoms with Gasteiger partial charge in [0, 0.05) is 20.1 Å². The lowest BCUT2D eigenvalue weighted by Crippen LogP contribution is -2.48. The van der Waals surface area contributed by atoms with Crippen LogP contribution >= 0.6 is 11.6 Å². The molecule has 1 saturated heterocycles. The van der Waals surface area contributed by atoms with Crippen LogP contribution in [0.15, 0.2) is 0 Å². The van der Waals surface area contributed by atoms with Crippen LogP contribution in [-0.4, -0.2) is 47.0 Å². The van der Waals surface area contributed by atoms with Crippen LogP contribution in [-0.2, 0) is 18.0 Å². The van der Waals surface area contributed by atoms with Crippen molar-refractivity contribution in [2.24, 2.45) is 7.05 Å². The quantitative estimate of drug-likeness (QED) is 0.887. The lowest BCUT2D eigenvalue weighted by Gasteiger charge is -2.26. The molecule has 20 heavy (non-hydrogen) atoms. The molecular formula is C10H12ClF3N4O2. The molecule has 0 radical (unpaired) electrons. The van der Waals surface area contributed by atoms with E-state index in [1.54, 1.807) is 5.01 Å². The summed E-state index contributed by atoms with van der Waals surface area (Å²) in [7, 11) is 1.08. The number of rotatable bonds is 2. The normalized spacial score (nSPS) is 17.2. The van der Waals surface area contributed by atoms with Crippen molar-refractivity contribution >= 4 is 17.5 Å². The molecule has 1 fully saturated rings. The topological polar surface area (TPSA) is 59.4 Å². The molecule has 1 N–H and O–H groups in total. The average molecular weight is 313 g/mol. The summed E-state index contributed by atoms with van der Waals surface area (Å²) in [6, 6.07) is 0. The molecule has 6 nitrogen and oxygen atoms in total. The smallest absolute Gasteiger partial charge is 0.379 e. The summed E-state index contributed by atoms with van der Waals surface area (Å²) in [5.41, 5.74) is 0.857. The fourth-order valence-electron chi connectivity index (χ4n) is 1.82. The Morgan fingerprint density at radius 2 is 2.00 bits per heavy atom. The molecule has 0 atom stereocenters. The zero-order valence-electron chi connectivity index (χ0n) is 10.5. The highest BCUT2D eigenvalue weighted by Gasteiger charge is 2.40. The fraction of sp³-hybridized carbons (Fsp3) is 0.600. The van der Waals surface area contributed by atoms with Gasteiger partial charge in [-0.15, -0.1) is 0 Å². The number of hydrogen-bond acceptors (Lipinski definition) is 4. The Labute approximate surface area is 117 Å². The van der Waals surface area contributed by atoms with E-state index in [9.17, 15) is 18.0 Å². The summed E-state index contributed by atoms with van der Waals surface area (Å²) in [6.07, 6.45) is -4.67. The number of carbonyl (C=O) groups is 1. The van der Waals surface area contributed by atoms with Crippen LogP contribution in [0.1, 0.15) is 16.2 Å². The van der Waals surface area contributed by atoms with Crippen LogP contribution in [0.5, 0.6) is 0 Å². The number of hydrogen-bond donors (Lipinski definition) is 1. The molecule has 2 heterocycles. The Morgan fingerprint density at radius 1 is 1.40 bits per heavy atom. The van der Waals surface area contributed by atoms with Crippen molar-refractivity contribution in [3.05, 3.63) is 16.4 Å². The monoisotopic (exact) mass is 312 g/mol. The minimum Gasteiger partial charge on any atom is -0.379 e. The van der Waals surface area contributed by atoms with Gasteiger partial charge in [0.15, 0.2) is 11.4 Å². The highest BCUT2D eigenvalue weighted by Crippen LogP contribution is 2.35. The van der Waals surface area contributed by atoms with E-state index in [-0.39, 0.29) is 0 Å². The van der Waals surface area contributed by atoms with Crippen molar-refractivity contribution in [1.82, 2.24) is 20.2 Å². The lowest BCUT2D eigenvalue weighted by atomic mass is 10.3. The Morgan fingerprint density at radius 3 is 2.50 bits per heavy atom. The van der Waals surface area contributed by atoms with Crippen LogP contribution in [0.3, 0.4) is 0 Å². The third-order valence-corrected chi connectivity index (χ3v) is 3.10. The largest absolute Gasteiger partial charge is 0.434 e. The number of amides is 1. The van der Waals surface area contributed by atoms with E-state index >= 15 is 0 Å². The Hall–Kier alpha value is -1.32. The number of carbonyl (C=O) groups excluding carboxylic acids is 1. The van der Waals surface area contributed by atoms with Crippen molar-refractivity contribution in [1.29, 1.82) is 0 Å². The second-order valence-electron chi connectivity index (χ2n) is 4.17. The maximum absolute atomic E-state index is 12.7. The number of hydrazine groups is 1. The third kappa shape index (κ3) is 3.05. The van der Waals surface area contributed by atoms with Gasteiger partial charge in [-0.1, -0.05) is 11.6 Å². The summed E-state index contributed by atoms with van der Waals surface area (Å²) in [6.45, 7) is 1.76. The van der Waals surface area contributed by atoms with Crippen LogP contribution in [0.2, 0.25) is 5.02 Å². The van der Waals surface area contributed by atoms with Gasteiger partial charge in [0.2, 0.25) is 0 Å². The van der Waals surface area contributed by atoms with E-state index in [1.165, 1.54) is 0 Å². The van der Waals surface area contributed by atoms with Gasteiger partial charge in [0.25, 0.3) is 5.91 Å². The van der Waals surface area contributed by atoms with Crippen molar-refractivity contribution < 1.29 is 22.7 Å². The maximum Gasteiger partial charge on any atom is 0.434 e. The van der Waals surface area contributed by atoms with Gasteiger partial charge in [0.05, 0.1) is 13.2 Å². The molecule has 1 aliphatic heterocycles. The SMILES string of the molecule is Cn1nc(C(=O)NN2CCOCC2)c(Cl)c1C(F)(F)F. The van der Waals surface area contributed by atoms with E-state index in [0.29, 0.717) is 31.0 Å². The van der Waals surface area contributed by atoms with Gasteiger partial charge < -0.3 is 4.74 Å². The number of nitrogens with one attached hydrogen (secondary N) is 1. The fourth-order valence-corrected chi connectivity index (χ4v) is 2.18. The summed E-state index contributed by atoms with van der Waals surface area (Å²) in [5.74, 6) is -0.775. The zero-order valence-corrected chi connectivity index (χ0v) is 11.3. The Kier molecular flexibility index (Phi) is 4.21. The molecule has 0 bridgehead atoms. The minimum atomic E-state index is -4.67. The van der Waals surface area contributed by atoms with Crippen molar-refractivity contribution in [3.63, 3.8) is 0 Å². The molecule has 0 unspecified atom stereocenters. The van der Waals surface area contributed by atoms with E-state index in [1.807, 2.05) is 0 Å². The van der Waals surface area contributed by atoms with Crippen LogP contribution in [0.4, 0.5) is 13.2 Å². The number of halogens is 4. The zero-order chi connectivity index (χ0) is 14.9. The molecule has 1 aromatic rings. The Balaban J connectivity index is 2.18. The number of ether oxygens (including phenoxy) is 1. The van der Waals surface area contributed by atoms with Crippen molar-refractivity contribution in [2.75, 3.05) is 26.3 Å². The lowest BCUT2D eigenvalue weighted by molar-refractivity contribution is -0.143. The highest BCUT2D eigenvalue weighted by molar-refractivity contribution is 6.34. The average Bonchev–Trinajstić information content (AvgIpc) is 2.65. The molecule has 112 valence electrons. The summed E-state index contributed by atoms with van der Waals surface area (Å²) < 4.78 is 43.9. The molecule has 0 aliphatic carbocycles. The molecule has 0 aromatic carbocycles. The second-order valence-corrected chi connectivity index (χ2v) is 4.55. The van der Waals surface area contributed by atoms with Gasteiger partial charge in [-0.2, -0.15) is 18.3 Å². The molecule has 2 rings (SSSR count). The standard InChI is InChI=1S/C10H12ClF3N4O2/c1-17-8(10(12,13)14)6(11)7(15-17)9(19)16-18-2-4-20-5-3-18/h2-5H2,1H3,(H,16,19). The van der Waals surface area contributed by atoms with Gasteiger partial charge in [-0.05, 0) is 0 Å². The number of alkyl halides is 3. The van der Waals surface area contributed by atoms with Crippen molar-refractivity contribution in [3.8, 4) is 0 Å². The van der Waals surface area contributed by atoms with E-state index in [4.69, 9.17) is 16.3 Å². The number of aromatic nitrogens is 2. The first-order chi connectivity index (χ1) is 9.30. The van der Waals surface area contributed by atoms with Gasteiger partial charge in [-0.3, -0.25) is 14.9 Å². The molecule has 10 heteroatoms. The van der Waals surface area contributed by atoms with Crippen LogP contribution in [0, 0.1) is 0 Å². The number of aryl methyl sites for hydroxylation is 1.